The van der Waals surface area contributed by atoms with Gasteiger partial charge < -0.3 is 19.6 Å². The van der Waals surface area contributed by atoms with Gasteiger partial charge in [0.1, 0.15) is 11.4 Å². The summed E-state index contributed by atoms with van der Waals surface area (Å²) < 4.78 is 10.4. The number of fused-ring (bicyclic) bond motifs is 1. The number of aryl methyl sites for hydroxylation is 1. The molecule has 0 radical (unpaired) electrons. The molecule has 0 saturated carbocycles. The van der Waals surface area contributed by atoms with Crippen molar-refractivity contribution >= 4 is 5.97 Å². The predicted molar refractivity (Wildman–Crippen MR) is 68.1 cm³/mol. The zero-order valence-corrected chi connectivity index (χ0v) is 10.5. The molecule has 2 aromatic rings. The summed E-state index contributed by atoms with van der Waals surface area (Å²) in [5, 5.41) is 8.94. The molecule has 2 heterocycles. The van der Waals surface area contributed by atoms with Crippen molar-refractivity contribution in [2.45, 2.75) is 6.92 Å². The molecule has 2 N–H and O–H groups in total. The monoisotopic (exact) mass is 274 g/mol. The third-order valence-electron chi connectivity index (χ3n) is 2.96. The molecule has 1 aliphatic rings. The van der Waals surface area contributed by atoms with E-state index in [1.54, 1.807) is 18.2 Å². The summed E-state index contributed by atoms with van der Waals surface area (Å²) in [5.41, 5.74) is -0.257. The molecule has 1 aromatic heterocycles. The minimum absolute atomic E-state index is 0.152. The molecule has 0 fully saturated rings. The van der Waals surface area contributed by atoms with Gasteiger partial charge >= 0.3 is 5.97 Å². The highest BCUT2D eigenvalue weighted by Gasteiger charge is 2.18. The molecule has 1 aromatic carbocycles. The van der Waals surface area contributed by atoms with Gasteiger partial charge in [0.15, 0.2) is 11.5 Å². The summed E-state index contributed by atoms with van der Waals surface area (Å²) in [6.07, 6.45) is 0. The van der Waals surface area contributed by atoms with Gasteiger partial charge in [0.05, 0.1) is 5.69 Å². The van der Waals surface area contributed by atoms with Crippen LogP contribution in [0.3, 0.4) is 0 Å². The Morgan fingerprint density at radius 2 is 2.10 bits per heavy atom. The van der Waals surface area contributed by atoms with Crippen LogP contribution in [0, 0.1) is 6.92 Å². The average Bonchev–Trinajstić information content (AvgIpc) is 2.84. The number of nitrogens with zero attached hydrogens (tertiary/aromatic N) is 1. The Morgan fingerprint density at radius 3 is 2.80 bits per heavy atom. The van der Waals surface area contributed by atoms with Crippen molar-refractivity contribution in [3.8, 4) is 22.9 Å². The van der Waals surface area contributed by atoms with E-state index in [0.717, 1.165) is 0 Å². The predicted octanol–water partition coefficient (Wildman–Crippen LogP) is 1.17. The van der Waals surface area contributed by atoms with Gasteiger partial charge in [-0.2, -0.15) is 0 Å². The number of H-pyrrole nitrogens is 1. The van der Waals surface area contributed by atoms with Crippen molar-refractivity contribution in [3.63, 3.8) is 0 Å². The minimum atomic E-state index is -1.30. The molecule has 0 spiro atoms. The minimum Gasteiger partial charge on any atom is -0.477 e. The molecule has 102 valence electrons. The average molecular weight is 274 g/mol. The number of carbonyl (C=O) groups is 1. The van der Waals surface area contributed by atoms with E-state index in [2.05, 4.69) is 9.97 Å². The molecule has 3 rings (SSSR count). The fourth-order valence-corrected chi connectivity index (χ4v) is 2.02. The number of rotatable bonds is 2. The number of ether oxygens (including phenoxy) is 2. The third-order valence-corrected chi connectivity index (χ3v) is 2.96. The number of nitrogens with one attached hydrogen (secondary N) is 1. The van der Waals surface area contributed by atoms with Crippen molar-refractivity contribution in [3.05, 3.63) is 39.8 Å². The first-order valence-electron chi connectivity index (χ1n) is 5.80. The standard InChI is InChI=1S/C13H10N2O5/c1-6-10(13(17)18)12(16)15-11(14-6)7-2-3-8-9(4-7)20-5-19-8/h2-4H,5H2,1H3,(H,17,18)(H,14,15,16). The molecule has 1 aliphatic heterocycles. The third kappa shape index (κ3) is 1.89. The second-order valence-corrected chi connectivity index (χ2v) is 4.25. The van der Waals surface area contributed by atoms with Gasteiger partial charge in [-0.15, -0.1) is 0 Å². The summed E-state index contributed by atoms with van der Waals surface area (Å²) >= 11 is 0. The topological polar surface area (TPSA) is 102 Å². The van der Waals surface area contributed by atoms with Gasteiger partial charge in [0.2, 0.25) is 6.79 Å². The highest BCUT2D eigenvalue weighted by molar-refractivity contribution is 5.88. The lowest BCUT2D eigenvalue weighted by atomic mass is 10.1. The van der Waals surface area contributed by atoms with Crippen LogP contribution < -0.4 is 15.0 Å². The Morgan fingerprint density at radius 1 is 1.35 bits per heavy atom. The van der Waals surface area contributed by atoms with Crippen molar-refractivity contribution in [2.75, 3.05) is 6.79 Å². The van der Waals surface area contributed by atoms with Crippen LogP contribution >= 0.6 is 0 Å². The van der Waals surface area contributed by atoms with Crippen LogP contribution in [0.2, 0.25) is 0 Å². The zero-order valence-electron chi connectivity index (χ0n) is 10.5. The van der Waals surface area contributed by atoms with E-state index >= 15 is 0 Å². The van der Waals surface area contributed by atoms with E-state index in [0.29, 0.717) is 17.1 Å². The van der Waals surface area contributed by atoms with Crippen molar-refractivity contribution in [1.82, 2.24) is 9.97 Å². The second kappa shape index (κ2) is 4.37. The Balaban J connectivity index is 2.12. The summed E-state index contributed by atoms with van der Waals surface area (Å²) in [6, 6.07) is 5.10. The van der Waals surface area contributed by atoms with Crippen LogP contribution in [-0.2, 0) is 0 Å². The highest BCUT2D eigenvalue weighted by atomic mass is 16.7. The van der Waals surface area contributed by atoms with Crippen LogP contribution in [0.15, 0.2) is 23.0 Å². The number of carboxylic acids is 1. The Labute approximate surface area is 112 Å². The van der Waals surface area contributed by atoms with Crippen molar-refractivity contribution in [1.29, 1.82) is 0 Å². The molecule has 0 aliphatic carbocycles. The maximum atomic E-state index is 11.8. The number of hydrogen-bond acceptors (Lipinski definition) is 5. The Bertz CT molecular complexity index is 766. The molecule has 7 nitrogen and oxygen atoms in total. The summed E-state index contributed by atoms with van der Waals surface area (Å²) in [4.78, 5) is 29.3. The van der Waals surface area contributed by atoms with Crippen LogP contribution in [0.1, 0.15) is 16.1 Å². The normalized spacial score (nSPS) is 12.4. The summed E-state index contributed by atoms with van der Waals surface area (Å²) in [7, 11) is 0. The molecular formula is C13H10N2O5. The summed E-state index contributed by atoms with van der Waals surface area (Å²) in [5.74, 6) is 0.171. The fraction of sp³-hybridized carbons (Fsp3) is 0.154. The lowest BCUT2D eigenvalue weighted by Crippen LogP contribution is -2.21. The highest BCUT2D eigenvalue weighted by Crippen LogP contribution is 2.34. The lowest BCUT2D eigenvalue weighted by molar-refractivity contribution is 0.0693. The van der Waals surface area contributed by atoms with Crippen LogP contribution in [0.4, 0.5) is 0 Å². The van der Waals surface area contributed by atoms with E-state index in [1.165, 1.54) is 6.92 Å². The second-order valence-electron chi connectivity index (χ2n) is 4.25. The maximum Gasteiger partial charge on any atom is 0.343 e. The van der Waals surface area contributed by atoms with Crippen molar-refractivity contribution < 1.29 is 19.4 Å². The zero-order chi connectivity index (χ0) is 14.3. The molecule has 0 bridgehead atoms. The van der Waals surface area contributed by atoms with Gasteiger partial charge in [-0.3, -0.25) is 4.79 Å². The molecule has 20 heavy (non-hydrogen) atoms. The van der Waals surface area contributed by atoms with E-state index < -0.39 is 11.5 Å². The van der Waals surface area contributed by atoms with Gasteiger partial charge in [-0.1, -0.05) is 0 Å². The van der Waals surface area contributed by atoms with E-state index in [9.17, 15) is 9.59 Å². The number of aromatic amines is 1. The van der Waals surface area contributed by atoms with Crippen LogP contribution in [0.25, 0.3) is 11.4 Å². The Hall–Kier alpha value is -2.83. The van der Waals surface area contributed by atoms with E-state index in [4.69, 9.17) is 14.6 Å². The first-order chi connectivity index (χ1) is 9.56. The first-order valence-corrected chi connectivity index (χ1v) is 5.80. The molecule has 7 heteroatoms. The quantitative estimate of drug-likeness (QED) is 0.852. The van der Waals surface area contributed by atoms with Gasteiger partial charge in [-0.05, 0) is 25.1 Å². The van der Waals surface area contributed by atoms with E-state index in [-0.39, 0.29) is 23.9 Å². The molecular weight excluding hydrogens is 264 g/mol. The largest absolute Gasteiger partial charge is 0.477 e. The molecule has 0 amide bonds. The van der Waals surface area contributed by atoms with Crippen LogP contribution in [0.5, 0.6) is 11.5 Å². The maximum absolute atomic E-state index is 11.8. The number of aromatic carboxylic acids is 1. The van der Waals surface area contributed by atoms with E-state index in [1.807, 2.05) is 0 Å². The molecule has 0 saturated heterocycles. The summed E-state index contributed by atoms with van der Waals surface area (Å²) in [6.45, 7) is 1.63. The van der Waals surface area contributed by atoms with Gasteiger partial charge in [0, 0.05) is 5.56 Å². The fourth-order valence-electron chi connectivity index (χ4n) is 2.02. The lowest BCUT2D eigenvalue weighted by Gasteiger charge is -2.05. The molecule has 0 atom stereocenters. The smallest absolute Gasteiger partial charge is 0.343 e. The van der Waals surface area contributed by atoms with Crippen molar-refractivity contribution in [2.24, 2.45) is 0 Å². The number of benzene rings is 1. The van der Waals surface area contributed by atoms with Gasteiger partial charge in [0.25, 0.3) is 5.56 Å². The molecule has 0 unspecified atom stereocenters. The first kappa shape index (κ1) is 12.2. The number of carboxylic acid groups (broad SMARTS) is 1. The SMILES string of the molecule is Cc1nc(-c2ccc3c(c2)OCO3)[nH]c(=O)c1C(=O)O. The van der Waals surface area contributed by atoms with Crippen LogP contribution in [-0.4, -0.2) is 27.8 Å². The number of aromatic nitrogens is 2. The van der Waals surface area contributed by atoms with Gasteiger partial charge in [-0.25, -0.2) is 9.78 Å². The Kier molecular flexibility index (Phi) is 2.67. The number of hydrogen-bond donors (Lipinski definition) is 2.